The second-order valence-corrected chi connectivity index (χ2v) is 8.97. The van der Waals surface area contributed by atoms with Crippen molar-refractivity contribution in [3.63, 3.8) is 0 Å². The van der Waals surface area contributed by atoms with Crippen LogP contribution in [0.4, 0.5) is 10.3 Å². The van der Waals surface area contributed by atoms with Crippen LogP contribution in [-0.4, -0.2) is 48.2 Å². The van der Waals surface area contributed by atoms with Crippen molar-refractivity contribution in [1.29, 1.82) is 0 Å². The fourth-order valence-electron chi connectivity index (χ4n) is 4.11. The molecule has 4 rings (SSSR count). The molecule has 160 valence electrons. The summed E-state index contributed by atoms with van der Waals surface area (Å²) in [5.41, 5.74) is 1.30. The standard InChI is InChI=1S/C22H29N5O2S/c28-19-12-4-5-15-27(19)22-25-24-21(30-22)26-14-7-11-18(16-26)20(29)23-13-6-10-17-8-2-1-3-9-17/h1-3,8-9,18H,4-7,10-16H2,(H,23,29)/t18-/m0/s1. The fourth-order valence-corrected chi connectivity index (χ4v) is 5.04. The van der Waals surface area contributed by atoms with E-state index in [0.717, 1.165) is 56.7 Å². The van der Waals surface area contributed by atoms with Crippen molar-refractivity contribution in [2.75, 3.05) is 36.0 Å². The second-order valence-electron chi connectivity index (χ2n) is 8.04. The van der Waals surface area contributed by atoms with E-state index >= 15 is 0 Å². The van der Waals surface area contributed by atoms with E-state index in [2.05, 4.69) is 32.5 Å². The van der Waals surface area contributed by atoms with Gasteiger partial charge in [-0.15, -0.1) is 10.2 Å². The predicted molar refractivity (Wildman–Crippen MR) is 119 cm³/mol. The Balaban J connectivity index is 1.26. The highest BCUT2D eigenvalue weighted by Gasteiger charge is 2.29. The van der Waals surface area contributed by atoms with Gasteiger partial charge in [-0.2, -0.15) is 0 Å². The van der Waals surface area contributed by atoms with Crippen molar-refractivity contribution >= 4 is 33.4 Å². The van der Waals surface area contributed by atoms with Gasteiger partial charge in [0.05, 0.1) is 5.92 Å². The van der Waals surface area contributed by atoms with Crippen LogP contribution in [0.3, 0.4) is 0 Å². The molecule has 2 aromatic rings. The number of aryl methyl sites for hydroxylation is 1. The molecule has 8 heteroatoms. The minimum absolute atomic E-state index is 0.0283. The summed E-state index contributed by atoms with van der Waals surface area (Å²) < 4.78 is 0. The van der Waals surface area contributed by atoms with E-state index in [1.54, 1.807) is 4.90 Å². The van der Waals surface area contributed by atoms with E-state index in [-0.39, 0.29) is 17.7 Å². The maximum absolute atomic E-state index is 12.7. The summed E-state index contributed by atoms with van der Waals surface area (Å²) in [4.78, 5) is 28.7. The zero-order valence-electron chi connectivity index (χ0n) is 17.3. The Morgan fingerprint density at radius 2 is 1.93 bits per heavy atom. The van der Waals surface area contributed by atoms with E-state index in [1.807, 2.05) is 18.2 Å². The molecule has 2 saturated heterocycles. The number of anilines is 2. The number of aromatic nitrogens is 2. The van der Waals surface area contributed by atoms with Crippen molar-refractivity contribution in [2.24, 2.45) is 5.92 Å². The Bertz CT molecular complexity index is 856. The number of piperidine rings is 2. The van der Waals surface area contributed by atoms with Crippen molar-refractivity contribution in [1.82, 2.24) is 15.5 Å². The van der Waals surface area contributed by atoms with Gasteiger partial charge in [0.15, 0.2) is 0 Å². The zero-order chi connectivity index (χ0) is 20.8. The molecule has 0 spiro atoms. The Kier molecular flexibility index (Phi) is 6.94. The van der Waals surface area contributed by atoms with Gasteiger partial charge in [-0.1, -0.05) is 41.7 Å². The molecule has 0 unspecified atom stereocenters. The molecule has 2 aliphatic heterocycles. The number of hydrogen-bond donors (Lipinski definition) is 1. The number of hydrogen-bond acceptors (Lipinski definition) is 6. The summed E-state index contributed by atoms with van der Waals surface area (Å²) >= 11 is 1.46. The molecule has 2 amide bonds. The fraction of sp³-hybridized carbons (Fsp3) is 0.545. The third-order valence-corrected chi connectivity index (χ3v) is 6.81. The van der Waals surface area contributed by atoms with Crippen molar-refractivity contribution in [3.8, 4) is 0 Å². The van der Waals surface area contributed by atoms with Gasteiger partial charge in [0.1, 0.15) is 0 Å². The quantitative estimate of drug-likeness (QED) is 0.687. The van der Waals surface area contributed by atoms with Crippen LogP contribution in [-0.2, 0) is 16.0 Å². The first-order chi connectivity index (χ1) is 14.7. The average molecular weight is 428 g/mol. The predicted octanol–water partition coefficient (Wildman–Crippen LogP) is 3.02. The molecule has 0 bridgehead atoms. The number of rotatable bonds is 7. The molecular weight excluding hydrogens is 398 g/mol. The van der Waals surface area contributed by atoms with Gasteiger partial charge in [0.2, 0.25) is 22.1 Å². The average Bonchev–Trinajstić information content (AvgIpc) is 3.28. The summed E-state index contributed by atoms with van der Waals surface area (Å²) in [6, 6.07) is 10.4. The highest BCUT2D eigenvalue weighted by Crippen LogP contribution is 2.32. The summed E-state index contributed by atoms with van der Waals surface area (Å²) in [5.74, 6) is 0.235. The molecular formula is C22H29N5O2S. The normalized spacial score (nSPS) is 19.7. The van der Waals surface area contributed by atoms with E-state index in [9.17, 15) is 9.59 Å². The Labute approximate surface area is 181 Å². The van der Waals surface area contributed by atoms with Crippen LogP contribution in [0.25, 0.3) is 0 Å². The molecule has 7 nitrogen and oxygen atoms in total. The van der Waals surface area contributed by atoms with E-state index in [4.69, 9.17) is 0 Å². The van der Waals surface area contributed by atoms with Crippen LogP contribution in [0.1, 0.15) is 44.1 Å². The topological polar surface area (TPSA) is 78.4 Å². The lowest BCUT2D eigenvalue weighted by molar-refractivity contribution is -0.125. The van der Waals surface area contributed by atoms with Gasteiger partial charge in [0.25, 0.3) is 0 Å². The molecule has 1 aromatic carbocycles. The lowest BCUT2D eigenvalue weighted by atomic mass is 9.97. The number of amides is 2. The summed E-state index contributed by atoms with van der Waals surface area (Å²) in [7, 11) is 0. The number of carbonyl (C=O) groups is 2. The third kappa shape index (κ3) is 5.16. The maximum atomic E-state index is 12.7. The molecule has 3 heterocycles. The minimum atomic E-state index is -0.0283. The molecule has 0 aliphatic carbocycles. The van der Waals surface area contributed by atoms with Crippen LogP contribution in [0.15, 0.2) is 30.3 Å². The molecule has 30 heavy (non-hydrogen) atoms. The zero-order valence-corrected chi connectivity index (χ0v) is 18.1. The first-order valence-corrected chi connectivity index (χ1v) is 11.7. The largest absolute Gasteiger partial charge is 0.356 e. The highest BCUT2D eigenvalue weighted by atomic mass is 32.1. The van der Waals surface area contributed by atoms with E-state index in [1.165, 1.54) is 16.9 Å². The first-order valence-electron chi connectivity index (χ1n) is 10.9. The minimum Gasteiger partial charge on any atom is -0.356 e. The number of nitrogens with one attached hydrogen (secondary N) is 1. The van der Waals surface area contributed by atoms with Gasteiger partial charge in [-0.05, 0) is 44.1 Å². The first kappa shape index (κ1) is 20.8. The number of carbonyl (C=O) groups excluding carboxylic acids is 2. The molecule has 1 N–H and O–H groups in total. The van der Waals surface area contributed by atoms with Gasteiger partial charge in [0, 0.05) is 32.6 Å². The monoisotopic (exact) mass is 427 g/mol. The highest BCUT2D eigenvalue weighted by molar-refractivity contribution is 7.19. The van der Waals surface area contributed by atoms with E-state index < -0.39 is 0 Å². The van der Waals surface area contributed by atoms with Crippen LogP contribution in [0.2, 0.25) is 0 Å². The summed E-state index contributed by atoms with van der Waals surface area (Å²) in [6.07, 6.45) is 6.32. The number of benzene rings is 1. The van der Waals surface area contributed by atoms with Crippen molar-refractivity contribution in [3.05, 3.63) is 35.9 Å². The lowest BCUT2D eigenvalue weighted by Gasteiger charge is -2.31. The summed E-state index contributed by atoms with van der Waals surface area (Å²) in [5, 5.41) is 13.2. The maximum Gasteiger partial charge on any atom is 0.228 e. The Morgan fingerprint density at radius 3 is 2.77 bits per heavy atom. The van der Waals surface area contributed by atoms with Crippen molar-refractivity contribution < 1.29 is 9.59 Å². The summed E-state index contributed by atoms with van der Waals surface area (Å²) in [6.45, 7) is 2.96. The smallest absolute Gasteiger partial charge is 0.228 e. The van der Waals surface area contributed by atoms with Crippen LogP contribution in [0.5, 0.6) is 0 Å². The van der Waals surface area contributed by atoms with Gasteiger partial charge in [-0.25, -0.2) is 0 Å². The SMILES string of the molecule is O=C(NCCCc1ccccc1)[C@H]1CCCN(c2nnc(N3CCCCC3=O)s2)C1. The molecule has 2 fully saturated rings. The van der Waals surface area contributed by atoms with Crippen LogP contribution >= 0.6 is 11.3 Å². The van der Waals surface area contributed by atoms with Gasteiger partial charge < -0.3 is 10.2 Å². The van der Waals surface area contributed by atoms with E-state index in [0.29, 0.717) is 24.6 Å². The molecule has 2 aliphatic rings. The van der Waals surface area contributed by atoms with Gasteiger partial charge in [-0.3, -0.25) is 14.5 Å². The third-order valence-electron chi connectivity index (χ3n) is 5.80. The molecule has 0 radical (unpaired) electrons. The molecule has 0 saturated carbocycles. The molecule has 1 atom stereocenters. The second kappa shape index (κ2) is 10.0. The van der Waals surface area contributed by atoms with Crippen molar-refractivity contribution in [2.45, 2.75) is 44.9 Å². The van der Waals surface area contributed by atoms with Gasteiger partial charge >= 0.3 is 0 Å². The number of nitrogens with zero attached hydrogens (tertiary/aromatic N) is 4. The van der Waals surface area contributed by atoms with Crippen LogP contribution in [0, 0.1) is 5.92 Å². The van der Waals surface area contributed by atoms with Crippen LogP contribution < -0.4 is 15.1 Å². The Hall–Kier alpha value is -2.48. The lowest BCUT2D eigenvalue weighted by Crippen LogP contribution is -2.43. The molecule has 1 aromatic heterocycles. The Morgan fingerprint density at radius 1 is 1.10 bits per heavy atom.